The summed E-state index contributed by atoms with van der Waals surface area (Å²) >= 11 is 2.03. The second-order valence-electron chi connectivity index (χ2n) is 5.75. The number of benzene rings is 1. The summed E-state index contributed by atoms with van der Waals surface area (Å²) in [5.41, 5.74) is 2.86. The molecule has 3 heteroatoms. The molecule has 0 saturated heterocycles. The summed E-state index contributed by atoms with van der Waals surface area (Å²) in [4.78, 5) is 3.91. The van der Waals surface area contributed by atoms with Crippen molar-refractivity contribution in [3.8, 4) is 0 Å². The fourth-order valence-electron chi connectivity index (χ4n) is 2.88. The number of hydrogen-bond acceptors (Lipinski definition) is 2. The average Bonchev–Trinajstić information content (AvgIpc) is 2.57. The first-order valence-electron chi connectivity index (χ1n) is 8.65. The topological polar surface area (TPSA) is 3.24 Å². The third-order valence-electron chi connectivity index (χ3n) is 4.26. The number of nitrogens with zero attached hydrogens (tertiary/aromatic N) is 1. The van der Waals surface area contributed by atoms with E-state index in [9.17, 15) is 0 Å². The summed E-state index contributed by atoms with van der Waals surface area (Å²) in [5, 5.41) is 0. The third-order valence-corrected chi connectivity index (χ3v) is 5.42. The smallest absolute Gasteiger partial charge is 0.206 e. The van der Waals surface area contributed by atoms with Gasteiger partial charge in [0.25, 0.3) is 0 Å². The van der Waals surface area contributed by atoms with Crippen molar-refractivity contribution in [3.63, 3.8) is 0 Å². The van der Waals surface area contributed by atoms with Gasteiger partial charge in [-0.05, 0) is 44.5 Å². The first-order valence-corrected chi connectivity index (χ1v) is 9.63. The van der Waals surface area contributed by atoms with Crippen molar-refractivity contribution in [1.82, 2.24) is 0 Å². The molecule has 22 heavy (non-hydrogen) atoms. The van der Waals surface area contributed by atoms with Crippen LogP contribution in [0.15, 0.2) is 47.3 Å². The van der Waals surface area contributed by atoms with Crippen LogP contribution in [-0.2, 0) is 0 Å². The molecule has 1 aromatic rings. The van der Waals surface area contributed by atoms with Crippen molar-refractivity contribution in [2.24, 2.45) is 0 Å². The second-order valence-corrected chi connectivity index (χ2v) is 6.89. The number of rotatable bonds is 8. The largest absolute Gasteiger partial charge is 0.372 e. The lowest BCUT2D eigenvalue weighted by Gasteiger charge is -2.24. The lowest BCUT2D eigenvalue weighted by Crippen LogP contribution is -2.31. The van der Waals surface area contributed by atoms with Gasteiger partial charge in [0.2, 0.25) is 6.71 Å². The Balaban J connectivity index is 2.26. The zero-order valence-electron chi connectivity index (χ0n) is 14.2. The molecule has 0 bridgehead atoms. The van der Waals surface area contributed by atoms with E-state index in [0.29, 0.717) is 6.71 Å². The predicted octanol–water partition coefficient (Wildman–Crippen LogP) is 4.79. The van der Waals surface area contributed by atoms with Crippen molar-refractivity contribution in [2.75, 3.05) is 23.7 Å². The molecular formula is C19H28BNS. The van der Waals surface area contributed by atoms with E-state index in [4.69, 9.17) is 0 Å². The maximum atomic E-state index is 2.43. The lowest BCUT2D eigenvalue weighted by molar-refractivity contribution is 0.864. The quantitative estimate of drug-likeness (QED) is 0.385. The molecule has 0 unspecified atom stereocenters. The van der Waals surface area contributed by atoms with Crippen LogP contribution in [0.2, 0.25) is 6.32 Å². The van der Waals surface area contributed by atoms with Crippen molar-refractivity contribution >= 4 is 29.6 Å². The minimum atomic E-state index is 0.542. The maximum Gasteiger partial charge on any atom is 0.206 e. The average molecular weight is 313 g/mol. The normalized spacial score (nSPS) is 13.7. The van der Waals surface area contributed by atoms with E-state index in [1.54, 1.807) is 0 Å². The molecule has 0 amide bonds. The highest BCUT2D eigenvalue weighted by Crippen LogP contribution is 2.25. The van der Waals surface area contributed by atoms with E-state index >= 15 is 0 Å². The van der Waals surface area contributed by atoms with Crippen LogP contribution in [0.5, 0.6) is 0 Å². The molecule has 0 spiro atoms. The molecule has 0 radical (unpaired) electrons. The molecule has 118 valence electrons. The van der Waals surface area contributed by atoms with Crippen molar-refractivity contribution in [3.05, 3.63) is 42.4 Å². The lowest BCUT2D eigenvalue weighted by atomic mass is 9.42. The van der Waals surface area contributed by atoms with E-state index in [2.05, 4.69) is 68.1 Å². The van der Waals surface area contributed by atoms with E-state index in [0.717, 1.165) is 19.4 Å². The molecule has 0 fully saturated rings. The van der Waals surface area contributed by atoms with Crippen LogP contribution in [0.25, 0.3) is 0 Å². The standard InChI is InChI=1S/C19H28BNS/c1-4-7-15-22-19-16-17(21(5-2)6-3)11-12-18(19)20-13-9-8-10-14-20/h8-13,16H,4-7,14-15H2,1-3H3. The number of allylic oxidation sites excluding steroid dienone is 3. The molecule has 0 aliphatic carbocycles. The molecule has 1 nitrogen and oxygen atoms in total. The summed E-state index contributed by atoms with van der Waals surface area (Å²) < 4.78 is 0. The Hall–Kier alpha value is -1.09. The van der Waals surface area contributed by atoms with Gasteiger partial charge in [-0.15, -0.1) is 17.7 Å². The highest BCUT2D eigenvalue weighted by molar-refractivity contribution is 7.99. The Labute approximate surface area is 140 Å². The number of unbranched alkanes of at least 4 members (excludes halogenated alkanes) is 1. The first kappa shape index (κ1) is 17.3. The van der Waals surface area contributed by atoms with Crippen LogP contribution in [0.4, 0.5) is 5.69 Å². The molecule has 1 heterocycles. The van der Waals surface area contributed by atoms with Gasteiger partial charge in [0.05, 0.1) is 0 Å². The van der Waals surface area contributed by atoms with Crippen molar-refractivity contribution in [2.45, 2.75) is 44.8 Å². The van der Waals surface area contributed by atoms with Gasteiger partial charge in [-0.1, -0.05) is 43.1 Å². The zero-order chi connectivity index (χ0) is 15.8. The molecule has 0 saturated carbocycles. The molecule has 1 aliphatic heterocycles. The van der Waals surface area contributed by atoms with Gasteiger partial charge in [0.15, 0.2) is 0 Å². The molecular weight excluding hydrogens is 285 g/mol. The van der Waals surface area contributed by atoms with E-state index in [-0.39, 0.29) is 0 Å². The summed E-state index contributed by atoms with van der Waals surface area (Å²) in [6.07, 6.45) is 10.3. The number of thioether (sulfide) groups is 1. The Morgan fingerprint density at radius 2 is 1.95 bits per heavy atom. The van der Waals surface area contributed by atoms with Crippen molar-refractivity contribution in [1.29, 1.82) is 0 Å². The third kappa shape index (κ3) is 4.45. The molecule has 0 N–H and O–H groups in total. The number of anilines is 1. The summed E-state index contributed by atoms with van der Waals surface area (Å²) in [7, 11) is 0. The van der Waals surface area contributed by atoms with E-state index in [1.807, 2.05) is 11.8 Å². The highest BCUT2D eigenvalue weighted by Gasteiger charge is 2.18. The van der Waals surface area contributed by atoms with Gasteiger partial charge in [0, 0.05) is 23.7 Å². The molecule has 2 rings (SSSR count). The molecule has 1 aliphatic rings. The molecule has 0 aromatic heterocycles. The predicted molar refractivity (Wildman–Crippen MR) is 104 cm³/mol. The van der Waals surface area contributed by atoms with Crippen LogP contribution < -0.4 is 10.4 Å². The summed E-state index contributed by atoms with van der Waals surface area (Å²) in [6.45, 7) is 9.41. The first-order chi connectivity index (χ1) is 10.8. The molecule has 1 aromatic carbocycles. The second kappa shape index (κ2) is 9.14. The fourth-order valence-corrected chi connectivity index (χ4v) is 4.12. The Morgan fingerprint density at radius 1 is 1.14 bits per heavy atom. The Morgan fingerprint density at radius 3 is 2.59 bits per heavy atom. The van der Waals surface area contributed by atoms with Crippen LogP contribution in [-0.4, -0.2) is 25.6 Å². The van der Waals surface area contributed by atoms with Crippen LogP contribution in [0, 0.1) is 0 Å². The van der Waals surface area contributed by atoms with Crippen LogP contribution >= 0.6 is 11.8 Å². The maximum absolute atomic E-state index is 2.43. The zero-order valence-corrected chi connectivity index (χ0v) is 15.0. The van der Waals surface area contributed by atoms with Crippen LogP contribution in [0.3, 0.4) is 0 Å². The van der Waals surface area contributed by atoms with Gasteiger partial charge >= 0.3 is 0 Å². The van der Waals surface area contributed by atoms with Gasteiger partial charge in [0.1, 0.15) is 0 Å². The van der Waals surface area contributed by atoms with Crippen molar-refractivity contribution < 1.29 is 0 Å². The summed E-state index contributed by atoms with van der Waals surface area (Å²) in [5.74, 6) is 3.56. The van der Waals surface area contributed by atoms with Gasteiger partial charge in [-0.2, -0.15) is 0 Å². The van der Waals surface area contributed by atoms with Gasteiger partial charge in [-0.25, -0.2) is 0 Å². The van der Waals surface area contributed by atoms with Gasteiger partial charge < -0.3 is 4.90 Å². The number of hydrogen-bond donors (Lipinski definition) is 0. The monoisotopic (exact) mass is 313 g/mol. The molecule has 0 atom stereocenters. The van der Waals surface area contributed by atoms with E-state index < -0.39 is 0 Å². The van der Waals surface area contributed by atoms with Gasteiger partial charge in [-0.3, -0.25) is 0 Å². The minimum absolute atomic E-state index is 0.542. The Kier molecular flexibility index (Phi) is 7.18. The summed E-state index contributed by atoms with van der Waals surface area (Å²) in [6, 6.07) is 7.07. The SMILES string of the molecule is CCCCSc1cc(N(CC)CC)ccc1B1C=CC=CC1. The minimum Gasteiger partial charge on any atom is -0.372 e. The highest BCUT2D eigenvalue weighted by atomic mass is 32.2. The fraction of sp³-hybridized carbons (Fsp3) is 0.474. The Bertz CT molecular complexity index is 520. The van der Waals surface area contributed by atoms with E-state index in [1.165, 1.54) is 34.6 Å². The van der Waals surface area contributed by atoms with Crippen LogP contribution in [0.1, 0.15) is 33.6 Å².